The minimum atomic E-state index is -0.571. The summed E-state index contributed by atoms with van der Waals surface area (Å²) in [4.78, 5) is 40.8. The first-order valence-corrected chi connectivity index (χ1v) is 10.9. The molecule has 5 rings (SSSR count). The number of benzene rings is 3. The molecule has 0 atom stereocenters. The van der Waals surface area contributed by atoms with Gasteiger partial charge in [0.2, 0.25) is 0 Å². The number of fused-ring (bicyclic) bond motifs is 1. The highest BCUT2D eigenvalue weighted by Crippen LogP contribution is 2.23. The van der Waals surface area contributed by atoms with E-state index >= 15 is 0 Å². The van der Waals surface area contributed by atoms with Gasteiger partial charge in [0, 0.05) is 11.1 Å². The van der Waals surface area contributed by atoms with Gasteiger partial charge in [0.25, 0.3) is 11.5 Å². The summed E-state index contributed by atoms with van der Waals surface area (Å²) in [6, 6.07) is 22.9. The first-order chi connectivity index (χ1) is 16.1. The van der Waals surface area contributed by atoms with Gasteiger partial charge in [-0.3, -0.25) is 9.59 Å². The topological polar surface area (TPSA) is 110 Å². The summed E-state index contributed by atoms with van der Waals surface area (Å²) in [6.45, 7) is 0.216. The van der Waals surface area contributed by atoms with E-state index in [0.29, 0.717) is 27.2 Å². The van der Waals surface area contributed by atoms with Crippen LogP contribution in [0.25, 0.3) is 27.2 Å². The Bertz CT molecular complexity index is 1570. The summed E-state index contributed by atoms with van der Waals surface area (Å²) >= 11 is 1.40. The molecule has 0 fully saturated rings. The van der Waals surface area contributed by atoms with Gasteiger partial charge in [0.15, 0.2) is 0 Å². The van der Waals surface area contributed by atoms with Crippen LogP contribution in [0, 0.1) is 0 Å². The SMILES string of the molecule is O=C(NCc1nnc(-c2ccccc2)s1)c1ccc2c(=O)n(-c3ccccc3)c(=O)[nH]c2c1. The maximum absolute atomic E-state index is 12.9. The molecule has 8 nitrogen and oxygen atoms in total. The number of H-pyrrole nitrogens is 1. The van der Waals surface area contributed by atoms with Crippen molar-refractivity contribution in [2.75, 3.05) is 0 Å². The summed E-state index contributed by atoms with van der Waals surface area (Å²) < 4.78 is 1.07. The molecule has 0 aliphatic heterocycles. The van der Waals surface area contributed by atoms with E-state index in [1.165, 1.54) is 17.4 Å². The van der Waals surface area contributed by atoms with Crippen molar-refractivity contribution in [1.82, 2.24) is 25.1 Å². The highest BCUT2D eigenvalue weighted by molar-refractivity contribution is 7.14. The largest absolute Gasteiger partial charge is 0.345 e. The highest BCUT2D eigenvalue weighted by atomic mass is 32.1. The van der Waals surface area contributed by atoms with Crippen LogP contribution in [0.15, 0.2) is 88.5 Å². The maximum Gasteiger partial charge on any atom is 0.333 e. The Kier molecular flexibility index (Phi) is 5.37. The van der Waals surface area contributed by atoms with E-state index in [0.717, 1.165) is 15.1 Å². The van der Waals surface area contributed by atoms with E-state index in [4.69, 9.17) is 0 Å². The van der Waals surface area contributed by atoms with E-state index in [-0.39, 0.29) is 12.5 Å². The average Bonchev–Trinajstić information content (AvgIpc) is 3.32. The van der Waals surface area contributed by atoms with Crippen LogP contribution >= 0.6 is 11.3 Å². The zero-order valence-electron chi connectivity index (χ0n) is 17.2. The number of carbonyl (C=O) groups is 1. The van der Waals surface area contributed by atoms with Gasteiger partial charge in [-0.2, -0.15) is 0 Å². The third kappa shape index (κ3) is 4.09. The molecule has 0 saturated carbocycles. The lowest BCUT2D eigenvalue weighted by Crippen LogP contribution is -2.33. The third-order valence-electron chi connectivity index (χ3n) is 5.06. The molecule has 0 radical (unpaired) electrons. The predicted molar refractivity (Wildman–Crippen MR) is 127 cm³/mol. The van der Waals surface area contributed by atoms with Crippen molar-refractivity contribution in [3.05, 3.63) is 110 Å². The van der Waals surface area contributed by atoms with Crippen molar-refractivity contribution in [1.29, 1.82) is 0 Å². The lowest BCUT2D eigenvalue weighted by molar-refractivity contribution is 0.0951. The Morgan fingerprint density at radius 3 is 2.42 bits per heavy atom. The maximum atomic E-state index is 12.9. The van der Waals surface area contributed by atoms with Crippen LogP contribution in [0.5, 0.6) is 0 Å². The molecule has 9 heteroatoms. The summed E-state index contributed by atoms with van der Waals surface area (Å²) in [5, 5.41) is 12.9. The molecule has 3 aromatic carbocycles. The standard InChI is InChI=1S/C24H17N5O3S/c30-21(25-14-20-27-28-22(33-20)15-7-3-1-4-8-15)16-11-12-18-19(13-16)26-24(32)29(23(18)31)17-9-5-2-6-10-17/h1-13H,14H2,(H,25,30)(H,26,32). The number of aromatic amines is 1. The van der Waals surface area contributed by atoms with Gasteiger partial charge in [0.1, 0.15) is 10.0 Å². The first-order valence-electron chi connectivity index (χ1n) is 10.1. The molecule has 2 aromatic heterocycles. The minimum Gasteiger partial charge on any atom is -0.345 e. The molecule has 162 valence electrons. The van der Waals surface area contributed by atoms with Crippen molar-refractivity contribution in [3.63, 3.8) is 0 Å². The van der Waals surface area contributed by atoms with Gasteiger partial charge in [-0.15, -0.1) is 10.2 Å². The summed E-state index contributed by atoms with van der Waals surface area (Å²) in [6.07, 6.45) is 0. The normalized spacial score (nSPS) is 10.9. The van der Waals surface area contributed by atoms with Crippen molar-refractivity contribution >= 4 is 28.1 Å². The van der Waals surface area contributed by atoms with Gasteiger partial charge < -0.3 is 10.3 Å². The summed E-state index contributed by atoms with van der Waals surface area (Å²) in [5.74, 6) is -0.346. The van der Waals surface area contributed by atoms with E-state index in [1.54, 1.807) is 42.5 Å². The van der Waals surface area contributed by atoms with Gasteiger partial charge >= 0.3 is 5.69 Å². The summed E-state index contributed by atoms with van der Waals surface area (Å²) in [7, 11) is 0. The second-order valence-corrected chi connectivity index (χ2v) is 8.28. The zero-order valence-corrected chi connectivity index (χ0v) is 18.0. The van der Waals surface area contributed by atoms with Gasteiger partial charge in [-0.05, 0) is 30.3 Å². The Balaban J connectivity index is 1.37. The number of nitrogens with one attached hydrogen (secondary N) is 2. The number of hydrogen-bond donors (Lipinski definition) is 2. The fraction of sp³-hybridized carbons (Fsp3) is 0.0417. The number of para-hydroxylation sites is 1. The van der Waals surface area contributed by atoms with Gasteiger partial charge in [-0.1, -0.05) is 59.9 Å². The Morgan fingerprint density at radius 2 is 1.67 bits per heavy atom. The second kappa shape index (κ2) is 8.64. The summed E-state index contributed by atoms with van der Waals surface area (Å²) in [5.41, 5.74) is 1.04. The number of nitrogens with zero attached hydrogens (tertiary/aromatic N) is 3. The lowest BCUT2D eigenvalue weighted by Gasteiger charge is -2.08. The Morgan fingerprint density at radius 1 is 0.939 bits per heavy atom. The van der Waals surface area contributed by atoms with Crippen molar-refractivity contribution in [2.45, 2.75) is 6.54 Å². The fourth-order valence-electron chi connectivity index (χ4n) is 3.45. The van der Waals surface area contributed by atoms with E-state index < -0.39 is 11.2 Å². The number of amides is 1. The lowest BCUT2D eigenvalue weighted by atomic mass is 10.1. The second-order valence-electron chi connectivity index (χ2n) is 7.22. The molecule has 0 aliphatic carbocycles. The van der Waals surface area contributed by atoms with Crippen LogP contribution in [0.2, 0.25) is 0 Å². The number of hydrogen-bond acceptors (Lipinski definition) is 6. The van der Waals surface area contributed by atoms with Crippen LogP contribution in [0.4, 0.5) is 0 Å². The number of aromatic nitrogens is 4. The minimum absolute atomic E-state index is 0.216. The van der Waals surface area contributed by atoms with Crippen LogP contribution in [-0.2, 0) is 6.54 Å². The fourth-order valence-corrected chi connectivity index (χ4v) is 4.24. The molecule has 0 unspecified atom stereocenters. The van der Waals surface area contributed by atoms with E-state index in [2.05, 4.69) is 20.5 Å². The molecular weight excluding hydrogens is 438 g/mol. The molecule has 0 spiro atoms. The van der Waals surface area contributed by atoms with Gasteiger partial charge in [0.05, 0.1) is 23.1 Å². The van der Waals surface area contributed by atoms with E-state index in [9.17, 15) is 14.4 Å². The smallest absolute Gasteiger partial charge is 0.333 e. The molecule has 1 amide bonds. The van der Waals surface area contributed by atoms with Crippen LogP contribution < -0.4 is 16.6 Å². The monoisotopic (exact) mass is 455 g/mol. The third-order valence-corrected chi connectivity index (χ3v) is 6.03. The first kappa shape index (κ1) is 20.5. The van der Waals surface area contributed by atoms with Crippen molar-refractivity contribution < 1.29 is 4.79 Å². The molecule has 0 saturated heterocycles. The Labute approximate surface area is 191 Å². The molecule has 33 heavy (non-hydrogen) atoms. The molecule has 2 heterocycles. The molecule has 5 aromatic rings. The van der Waals surface area contributed by atoms with Crippen molar-refractivity contribution in [3.8, 4) is 16.3 Å². The van der Waals surface area contributed by atoms with Crippen LogP contribution in [-0.4, -0.2) is 25.7 Å². The van der Waals surface area contributed by atoms with E-state index in [1.807, 2.05) is 30.3 Å². The molecule has 0 bridgehead atoms. The Hall–Kier alpha value is -4.37. The average molecular weight is 455 g/mol. The van der Waals surface area contributed by atoms with Crippen molar-refractivity contribution in [2.24, 2.45) is 0 Å². The zero-order chi connectivity index (χ0) is 22.8. The molecular formula is C24H17N5O3S. The molecule has 0 aliphatic rings. The highest BCUT2D eigenvalue weighted by Gasteiger charge is 2.13. The van der Waals surface area contributed by atoms with Crippen LogP contribution in [0.1, 0.15) is 15.4 Å². The van der Waals surface area contributed by atoms with Crippen LogP contribution in [0.3, 0.4) is 0 Å². The quantitative estimate of drug-likeness (QED) is 0.423. The molecule has 2 N–H and O–H groups in total. The predicted octanol–water partition coefficient (Wildman–Crippen LogP) is 3.13. The number of rotatable bonds is 5. The number of carbonyl (C=O) groups excluding carboxylic acids is 1. The van der Waals surface area contributed by atoms with Gasteiger partial charge in [-0.25, -0.2) is 9.36 Å².